The number of nitrogens with one attached hydrogen (secondary N) is 1. The van der Waals surface area contributed by atoms with Gasteiger partial charge >= 0.3 is 0 Å². The summed E-state index contributed by atoms with van der Waals surface area (Å²) in [7, 11) is 1.51. The zero-order valence-electron chi connectivity index (χ0n) is 12.1. The van der Waals surface area contributed by atoms with Crippen LogP contribution in [0.15, 0.2) is 41.4 Å². The highest BCUT2D eigenvalue weighted by atomic mass is 127. The van der Waals surface area contributed by atoms with Crippen LogP contribution in [0.4, 0.5) is 14.5 Å². The second kappa shape index (κ2) is 8.88. The molecule has 0 heterocycles. The molecule has 0 unspecified atom stereocenters. The molecule has 2 aromatic rings. The number of hydrogen-bond donors (Lipinski definition) is 2. The Hall–Kier alpha value is -1.61. The molecule has 0 aliphatic carbocycles. The van der Waals surface area contributed by atoms with E-state index in [1.165, 1.54) is 7.11 Å². The maximum absolute atomic E-state index is 13.5. The number of halogens is 4. The van der Waals surface area contributed by atoms with Crippen molar-refractivity contribution < 1.29 is 13.5 Å². The molecule has 0 amide bonds. The van der Waals surface area contributed by atoms with Crippen molar-refractivity contribution >= 4 is 47.2 Å². The van der Waals surface area contributed by atoms with Crippen molar-refractivity contribution in [1.82, 2.24) is 0 Å². The average Bonchev–Trinajstić information content (AvgIpc) is 2.48. The second-order valence-corrected chi connectivity index (χ2v) is 4.82. The Labute approximate surface area is 154 Å². The Morgan fingerprint density at radius 1 is 1.26 bits per heavy atom. The Morgan fingerprint density at radius 2 is 2.00 bits per heavy atom. The number of nitrogens with two attached hydrogens (primary N) is 1. The van der Waals surface area contributed by atoms with E-state index in [1.807, 2.05) is 0 Å². The number of guanidine groups is 1. The van der Waals surface area contributed by atoms with E-state index in [1.54, 1.807) is 18.2 Å². The fraction of sp³-hybridized carbons (Fsp3) is 0.133. The number of hydrogen-bond acceptors (Lipinski definition) is 2. The van der Waals surface area contributed by atoms with Gasteiger partial charge in [-0.05, 0) is 36.4 Å². The van der Waals surface area contributed by atoms with Crippen LogP contribution in [0.1, 0.15) is 5.56 Å². The first-order chi connectivity index (χ1) is 10.5. The number of methoxy groups -OCH3 is 1. The predicted molar refractivity (Wildman–Crippen MR) is 98.7 cm³/mol. The van der Waals surface area contributed by atoms with Crippen molar-refractivity contribution in [2.24, 2.45) is 10.7 Å². The lowest BCUT2D eigenvalue weighted by Gasteiger charge is -2.08. The number of nitrogens with zero attached hydrogens (tertiary/aromatic N) is 1. The minimum Gasteiger partial charge on any atom is -0.495 e. The van der Waals surface area contributed by atoms with Gasteiger partial charge in [0, 0.05) is 11.3 Å². The highest BCUT2D eigenvalue weighted by Crippen LogP contribution is 2.27. The molecule has 2 rings (SSSR count). The van der Waals surface area contributed by atoms with Crippen LogP contribution >= 0.6 is 35.6 Å². The molecule has 0 aromatic heterocycles. The van der Waals surface area contributed by atoms with Crippen molar-refractivity contribution in [2.45, 2.75) is 6.54 Å². The molecular formula is C15H15ClF2IN3O. The van der Waals surface area contributed by atoms with E-state index < -0.39 is 11.6 Å². The smallest absolute Gasteiger partial charge is 0.193 e. The second-order valence-electron chi connectivity index (χ2n) is 4.41. The van der Waals surface area contributed by atoms with Crippen LogP contribution in [-0.2, 0) is 6.54 Å². The Morgan fingerprint density at radius 3 is 2.65 bits per heavy atom. The molecule has 8 heteroatoms. The molecule has 4 nitrogen and oxygen atoms in total. The van der Waals surface area contributed by atoms with Gasteiger partial charge in [-0.15, -0.1) is 24.0 Å². The topological polar surface area (TPSA) is 59.6 Å². The third-order valence-electron chi connectivity index (χ3n) is 2.85. The summed E-state index contributed by atoms with van der Waals surface area (Å²) in [5, 5.41) is 3.22. The molecule has 124 valence electrons. The lowest BCUT2D eigenvalue weighted by atomic mass is 10.2. The molecular weight excluding hydrogens is 439 g/mol. The molecule has 0 bridgehead atoms. The van der Waals surface area contributed by atoms with Crippen LogP contribution in [-0.4, -0.2) is 13.1 Å². The summed E-state index contributed by atoms with van der Waals surface area (Å²) < 4.78 is 31.5. The molecule has 2 aromatic carbocycles. The van der Waals surface area contributed by atoms with Gasteiger partial charge < -0.3 is 15.8 Å². The predicted octanol–water partition coefficient (Wildman–Crippen LogP) is 4.17. The van der Waals surface area contributed by atoms with Gasteiger partial charge in [0.1, 0.15) is 17.4 Å². The van der Waals surface area contributed by atoms with Crippen LogP contribution in [0.25, 0.3) is 0 Å². The maximum atomic E-state index is 13.5. The lowest BCUT2D eigenvalue weighted by molar-refractivity contribution is 0.415. The zero-order valence-corrected chi connectivity index (χ0v) is 15.2. The SMILES string of the molecule is COc1ccc(NC(N)=NCc2cc(F)ccc2F)cc1Cl.I. The van der Waals surface area contributed by atoms with Gasteiger partial charge in [0.2, 0.25) is 0 Å². The van der Waals surface area contributed by atoms with E-state index in [0.29, 0.717) is 16.5 Å². The van der Waals surface area contributed by atoms with E-state index in [9.17, 15) is 8.78 Å². The minimum absolute atomic E-state index is 0. The number of ether oxygens (including phenoxy) is 1. The Kier molecular flexibility index (Phi) is 7.50. The molecule has 0 aliphatic rings. The molecule has 0 saturated carbocycles. The summed E-state index contributed by atoms with van der Waals surface area (Å²) in [6.45, 7) is -0.0771. The fourth-order valence-corrected chi connectivity index (χ4v) is 2.02. The lowest BCUT2D eigenvalue weighted by Crippen LogP contribution is -2.22. The molecule has 0 radical (unpaired) electrons. The Bertz CT molecular complexity index is 713. The van der Waals surface area contributed by atoms with Crippen molar-refractivity contribution in [3.63, 3.8) is 0 Å². The van der Waals surface area contributed by atoms with Crippen molar-refractivity contribution in [2.75, 3.05) is 12.4 Å². The minimum atomic E-state index is -0.537. The summed E-state index contributed by atoms with van der Waals surface area (Å²) >= 11 is 5.99. The van der Waals surface area contributed by atoms with Gasteiger partial charge in [0.25, 0.3) is 0 Å². The first-order valence-electron chi connectivity index (χ1n) is 6.34. The highest BCUT2D eigenvalue weighted by molar-refractivity contribution is 14.0. The quantitative estimate of drug-likeness (QED) is 0.415. The third kappa shape index (κ3) is 5.51. The fourth-order valence-electron chi connectivity index (χ4n) is 1.77. The highest BCUT2D eigenvalue weighted by Gasteiger charge is 2.05. The largest absolute Gasteiger partial charge is 0.495 e. The van der Waals surface area contributed by atoms with Crippen molar-refractivity contribution in [3.8, 4) is 5.75 Å². The van der Waals surface area contributed by atoms with Gasteiger partial charge in [-0.1, -0.05) is 11.6 Å². The van der Waals surface area contributed by atoms with Crippen LogP contribution in [0.3, 0.4) is 0 Å². The maximum Gasteiger partial charge on any atom is 0.193 e. The van der Waals surface area contributed by atoms with Crippen LogP contribution in [0.5, 0.6) is 5.75 Å². The zero-order chi connectivity index (χ0) is 16.1. The summed E-state index contributed by atoms with van der Waals surface area (Å²) in [5.41, 5.74) is 6.44. The normalized spacial score (nSPS) is 10.9. The van der Waals surface area contributed by atoms with Gasteiger partial charge in [0.05, 0.1) is 18.7 Å². The molecule has 0 aliphatic heterocycles. The standard InChI is InChI=1S/C15H14ClF2N3O.HI/c1-22-14-5-3-11(7-12(14)16)21-15(19)20-8-9-6-10(17)2-4-13(9)18;/h2-7H,8H2,1H3,(H3,19,20,21);1H. The Balaban J connectivity index is 0.00000264. The van der Waals surface area contributed by atoms with Gasteiger partial charge in [0.15, 0.2) is 5.96 Å². The average molecular weight is 454 g/mol. The van der Waals surface area contributed by atoms with Crippen molar-refractivity contribution in [3.05, 3.63) is 58.6 Å². The number of anilines is 1. The summed E-state index contributed by atoms with van der Waals surface area (Å²) in [6, 6.07) is 8.17. The van der Waals surface area contributed by atoms with Gasteiger partial charge in [-0.25, -0.2) is 13.8 Å². The van der Waals surface area contributed by atoms with Crippen LogP contribution in [0.2, 0.25) is 5.02 Å². The third-order valence-corrected chi connectivity index (χ3v) is 3.15. The first-order valence-corrected chi connectivity index (χ1v) is 6.72. The molecule has 3 N–H and O–H groups in total. The van der Waals surface area contributed by atoms with Crippen LogP contribution < -0.4 is 15.8 Å². The number of benzene rings is 2. The number of aliphatic imine (C=N–C) groups is 1. The van der Waals surface area contributed by atoms with Crippen LogP contribution in [0, 0.1) is 11.6 Å². The summed E-state index contributed by atoms with van der Waals surface area (Å²) in [6.07, 6.45) is 0. The molecule has 0 atom stereocenters. The summed E-state index contributed by atoms with van der Waals surface area (Å²) in [5.74, 6) is -0.472. The molecule has 23 heavy (non-hydrogen) atoms. The first kappa shape index (κ1) is 19.4. The van der Waals surface area contributed by atoms with Crippen molar-refractivity contribution in [1.29, 1.82) is 0 Å². The van der Waals surface area contributed by atoms with E-state index in [4.69, 9.17) is 22.1 Å². The molecule has 0 spiro atoms. The molecule has 0 fully saturated rings. The van der Waals surface area contributed by atoms with E-state index in [2.05, 4.69) is 10.3 Å². The number of rotatable bonds is 4. The summed E-state index contributed by atoms with van der Waals surface area (Å²) in [4.78, 5) is 3.97. The molecule has 0 saturated heterocycles. The van der Waals surface area contributed by atoms with E-state index >= 15 is 0 Å². The van der Waals surface area contributed by atoms with E-state index in [0.717, 1.165) is 18.2 Å². The van der Waals surface area contributed by atoms with E-state index in [-0.39, 0.29) is 42.0 Å². The van der Waals surface area contributed by atoms with Gasteiger partial charge in [-0.3, -0.25) is 0 Å². The van der Waals surface area contributed by atoms with Gasteiger partial charge in [-0.2, -0.15) is 0 Å². The monoisotopic (exact) mass is 453 g/mol.